The summed E-state index contributed by atoms with van der Waals surface area (Å²) in [5.41, 5.74) is 3.58. The van der Waals surface area contributed by atoms with Crippen molar-refractivity contribution in [3.63, 3.8) is 0 Å². The number of amides is 1. The highest BCUT2D eigenvalue weighted by atomic mass is 19.4. The van der Waals surface area contributed by atoms with Crippen molar-refractivity contribution in [3.8, 4) is 0 Å². The van der Waals surface area contributed by atoms with Gasteiger partial charge in [0.25, 0.3) is 5.91 Å². The molecule has 82 valence electrons. The SMILES string of the molecule is CNC(=O)c1c(N)cccc1C(F)(F)F. The number of rotatable bonds is 1. The number of halogens is 3. The van der Waals surface area contributed by atoms with Gasteiger partial charge in [-0.15, -0.1) is 0 Å². The topological polar surface area (TPSA) is 55.1 Å². The van der Waals surface area contributed by atoms with Gasteiger partial charge in [0.15, 0.2) is 0 Å². The van der Waals surface area contributed by atoms with Gasteiger partial charge in [0, 0.05) is 12.7 Å². The fourth-order valence-corrected chi connectivity index (χ4v) is 1.18. The van der Waals surface area contributed by atoms with Crippen LogP contribution in [0.1, 0.15) is 15.9 Å². The second kappa shape index (κ2) is 3.80. The Hall–Kier alpha value is -1.72. The number of hydrogen-bond donors (Lipinski definition) is 2. The lowest BCUT2D eigenvalue weighted by atomic mass is 10.0. The minimum absolute atomic E-state index is 0.191. The predicted octanol–water partition coefficient (Wildman–Crippen LogP) is 1.65. The molecule has 1 aromatic rings. The summed E-state index contributed by atoms with van der Waals surface area (Å²) in [7, 11) is 1.24. The molecule has 1 aromatic carbocycles. The average Bonchev–Trinajstić information content (AvgIpc) is 2.15. The molecule has 0 radical (unpaired) electrons. The van der Waals surface area contributed by atoms with Crippen molar-refractivity contribution >= 4 is 11.6 Å². The number of alkyl halides is 3. The Labute approximate surface area is 84.1 Å². The predicted molar refractivity (Wildman–Crippen MR) is 49.2 cm³/mol. The van der Waals surface area contributed by atoms with Gasteiger partial charge in [-0.2, -0.15) is 13.2 Å². The molecule has 1 amide bonds. The van der Waals surface area contributed by atoms with Crippen LogP contribution in [-0.2, 0) is 6.18 Å². The molecule has 15 heavy (non-hydrogen) atoms. The van der Waals surface area contributed by atoms with Crippen molar-refractivity contribution < 1.29 is 18.0 Å². The monoisotopic (exact) mass is 218 g/mol. The van der Waals surface area contributed by atoms with Crippen molar-refractivity contribution in [1.82, 2.24) is 5.32 Å². The first-order chi connectivity index (χ1) is 6.88. The van der Waals surface area contributed by atoms with Gasteiger partial charge in [-0.3, -0.25) is 4.79 Å². The van der Waals surface area contributed by atoms with Crippen LogP contribution in [0.3, 0.4) is 0 Å². The fourth-order valence-electron chi connectivity index (χ4n) is 1.18. The van der Waals surface area contributed by atoms with Crippen LogP contribution < -0.4 is 11.1 Å². The molecule has 0 aromatic heterocycles. The van der Waals surface area contributed by atoms with Crippen molar-refractivity contribution in [2.45, 2.75) is 6.18 Å². The quantitative estimate of drug-likeness (QED) is 0.704. The first-order valence-electron chi connectivity index (χ1n) is 4.05. The highest BCUT2D eigenvalue weighted by molar-refractivity contribution is 6.00. The molecule has 0 unspecified atom stereocenters. The number of anilines is 1. The number of carbonyl (C=O) groups is 1. The Bertz CT molecular complexity index is 387. The molecule has 0 spiro atoms. The highest BCUT2D eigenvalue weighted by Gasteiger charge is 2.35. The van der Waals surface area contributed by atoms with Crippen molar-refractivity contribution in [1.29, 1.82) is 0 Å². The molecular weight excluding hydrogens is 209 g/mol. The molecule has 0 aliphatic heterocycles. The Morgan fingerprint density at radius 1 is 1.40 bits per heavy atom. The summed E-state index contributed by atoms with van der Waals surface area (Å²) in [6.45, 7) is 0. The smallest absolute Gasteiger partial charge is 0.398 e. The Morgan fingerprint density at radius 2 is 2.00 bits per heavy atom. The van der Waals surface area contributed by atoms with Crippen LogP contribution in [0.5, 0.6) is 0 Å². The lowest BCUT2D eigenvalue weighted by molar-refractivity contribution is -0.137. The van der Waals surface area contributed by atoms with Crippen LogP contribution in [0.2, 0.25) is 0 Å². The largest absolute Gasteiger partial charge is 0.417 e. The second-order valence-electron chi connectivity index (χ2n) is 2.85. The second-order valence-corrected chi connectivity index (χ2v) is 2.85. The lowest BCUT2D eigenvalue weighted by Gasteiger charge is -2.13. The van der Waals surface area contributed by atoms with Crippen molar-refractivity contribution in [3.05, 3.63) is 29.3 Å². The molecule has 0 saturated heterocycles. The van der Waals surface area contributed by atoms with Crippen LogP contribution in [0.25, 0.3) is 0 Å². The minimum Gasteiger partial charge on any atom is -0.398 e. The average molecular weight is 218 g/mol. The Kier molecular flexibility index (Phi) is 2.88. The zero-order valence-corrected chi connectivity index (χ0v) is 7.85. The number of nitrogens with two attached hydrogens (primary N) is 1. The van der Waals surface area contributed by atoms with Crippen LogP contribution in [0.15, 0.2) is 18.2 Å². The van der Waals surface area contributed by atoms with E-state index in [4.69, 9.17) is 5.73 Å². The molecule has 0 aliphatic carbocycles. The van der Waals surface area contributed by atoms with Crippen LogP contribution in [0.4, 0.5) is 18.9 Å². The van der Waals surface area contributed by atoms with Crippen LogP contribution in [0, 0.1) is 0 Å². The molecule has 0 heterocycles. The first kappa shape index (κ1) is 11.4. The van der Waals surface area contributed by atoms with Gasteiger partial charge in [0.2, 0.25) is 0 Å². The minimum atomic E-state index is -4.59. The number of carbonyl (C=O) groups excluding carboxylic acids is 1. The van der Waals surface area contributed by atoms with Gasteiger partial charge >= 0.3 is 6.18 Å². The summed E-state index contributed by atoms with van der Waals surface area (Å²) in [4.78, 5) is 11.2. The molecule has 0 bridgehead atoms. The number of benzene rings is 1. The number of nitrogens with one attached hydrogen (secondary N) is 1. The van der Waals surface area contributed by atoms with E-state index in [0.717, 1.165) is 12.1 Å². The van der Waals surface area contributed by atoms with E-state index in [-0.39, 0.29) is 5.69 Å². The highest BCUT2D eigenvalue weighted by Crippen LogP contribution is 2.34. The Morgan fingerprint density at radius 3 is 2.47 bits per heavy atom. The summed E-state index contributed by atoms with van der Waals surface area (Å²) in [5.74, 6) is -0.847. The van der Waals surface area contributed by atoms with E-state index < -0.39 is 23.2 Å². The summed E-state index contributed by atoms with van der Waals surface area (Å²) < 4.78 is 37.5. The van der Waals surface area contributed by atoms with Gasteiger partial charge in [-0.1, -0.05) is 6.07 Å². The molecule has 6 heteroatoms. The maximum atomic E-state index is 12.5. The summed E-state index contributed by atoms with van der Waals surface area (Å²) in [6, 6.07) is 3.23. The van der Waals surface area contributed by atoms with Crippen LogP contribution >= 0.6 is 0 Å². The lowest BCUT2D eigenvalue weighted by Crippen LogP contribution is -2.24. The molecule has 1 rings (SSSR count). The van der Waals surface area contributed by atoms with E-state index in [2.05, 4.69) is 5.32 Å². The zero-order chi connectivity index (χ0) is 11.6. The molecule has 3 nitrogen and oxygen atoms in total. The molecule has 0 saturated carbocycles. The molecule has 0 fully saturated rings. The summed E-state index contributed by atoms with van der Waals surface area (Å²) >= 11 is 0. The van der Waals surface area contributed by atoms with Crippen LogP contribution in [-0.4, -0.2) is 13.0 Å². The van der Waals surface area contributed by atoms with Gasteiger partial charge in [-0.05, 0) is 12.1 Å². The normalized spacial score (nSPS) is 11.2. The maximum absolute atomic E-state index is 12.5. The van der Waals surface area contributed by atoms with E-state index >= 15 is 0 Å². The first-order valence-corrected chi connectivity index (χ1v) is 4.05. The van der Waals surface area contributed by atoms with Crippen molar-refractivity contribution in [2.75, 3.05) is 12.8 Å². The summed E-state index contributed by atoms with van der Waals surface area (Å²) in [5, 5.41) is 2.12. The van der Waals surface area contributed by atoms with E-state index in [1.807, 2.05) is 0 Å². The standard InChI is InChI=1S/C9H9F3N2O/c1-14-8(15)7-5(9(10,11)12)3-2-4-6(7)13/h2-4H,13H2,1H3,(H,14,15). The third-order valence-electron chi connectivity index (χ3n) is 1.86. The zero-order valence-electron chi connectivity index (χ0n) is 7.85. The summed E-state index contributed by atoms with van der Waals surface area (Å²) in [6.07, 6.45) is -4.59. The molecular formula is C9H9F3N2O. The molecule has 3 N–H and O–H groups in total. The number of nitrogen functional groups attached to an aromatic ring is 1. The van der Waals surface area contributed by atoms with E-state index in [1.165, 1.54) is 13.1 Å². The molecule has 0 aliphatic rings. The van der Waals surface area contributed by atoms with Gasteiger partial charge in [0.1, 0.15) is 0 Å². The Balaban J connectivity index is 3.40. The van der Waals surface area contributed by atoms with E-state index in [0.29, 0.717) is 0 Å². The van der Waals surface area contributed by atoms with Gasteiger partial charge in [0.05, 0.1) is 11.1 Å². The number of hydrogen-bond acceptors (Lipinski definition) is 2. The van der Waals surface area contributed by atoms with E-state index in [1.54, 1.807) is 0 Å². The third-order valence-corrected chi connectivity index (χ3v) is 1.86. The van der Waals surface area contributed by atoms with Gasteiger partial charge in [-0.25, -0.2) is 0 Å². The molecule has 0 atom stereocenters. The van der Waals surface area contributed by atoms with Crippen molar-refractivity contribution in [2.24, 2.45) is 0 Å². The third kappa shape index (κ3) is 2.20. The maximum Gasteiger partial charge on any atom is 0.417 e. The fraction of sp³-hybridized carbons (Fsp3) is 0.222. The van der Waals surface area contributed by atoms with E-state index in [9.17, 15) is 18.0 Å². The van der Waals surface area contributed by atoms with Gasteiger partial charge < -0.3 is 11.1 Å².